The molecule has 3 nitrogen and oxygen atoms in total. The minimum absolute atomic E-state index is 0.0832. The Kier molecular flexibility index (Phi) is 5.05. The second-order valence-electron chi connectivity index (χ2n) is 4.55. The SMILES string of the molecule is CS(=O)(=O)OCc1c(-c2ccc(Cl)cc2F)csc1C(F)(F)F. The van der Waals surface area contributed by atoms with Crippen molar-refractivity contribution in [2.24, 2.45) is 0 Å². The summed E-state index contributed by atoms with van der Waals surface area (Å²) in [5.41, 5.74) is -0.637. The molecule has 1 heterocycles. The molecular weight excluding hydrogens is 380 g/mol. The van der Waals surface area contributed by atoms with Gasteiger partial charge in [0.05, 0.1) is 12.9 Å². The van der Waals surface area contributed by atoms with Crippen molar-refractivity contribution in [3.63, 3.8) is 0 Å². The van der Waals surface area contributed by atoms with E-state index in [0.717, 1.165) is 17.7 Å². The van der Waals surface area contributed by atoms with Gasteiger partial charge in [-0.15, -0.1) is 11.3 Å². The van der Waals surface area contributed by atoms with Crippen LogP contribution in [-0.2, 0) is 27.1 Å². The Morgan fingerprint density at radius 1 is 1.26 bits per heavy atom. The number of alkyl halides is 3. The predicted octanol–water partition coefficient (Wildman–Crippen LogP) is 4.70. The van der Waals surface area contributed by atoms with E-state index in [1.807, 2.05) is 0 Å². The Morgan fingerprint density at radius 2 is 1.91 bits per heavy atom. The van der Waals surface area contributed by atoms with Gasteiger partial charge in [-0.2, -0.15) is 21.6 Å². The van der Waals surface area contributed by atoms with Crippen molar-refractivity contribution < 1.29 is 30.2 Å². The van der Waals surface area contributed by atoms with Crippen LogP contribution in [0.2, 0.25) is 5.02 Å². The Labute approximate surface area is 138 Å². The Balaban J connectivity index is 2.57. The highest BCUT2D eigenvalue weighted by molar-refractivity contribution is 7.85. The summed E-state index contributed by atoms with van der Waals surface area (Å²) in [5, 5.41) is 1.20. The first kappa shape index (κ1) is 18.2. The number of rotatable bonds is 4. The maximum absolute atomic E-state index is 14.0. The van der Waals surface area contributed by atoms with Gasteiger partial charge in [0, 0.05) is 21.7 Å². The molecule has 0 aliphatic carbocycles. The monoisotopic (exact) mass is 388 g/mol. The molecule has 0 saturated carbocycles. The maximum atomic E-state index is 14.0. The van der Waals surface area contributed by atoms with Crippen LogP contribution < -0.4 is 0 Å². The van der Waals surface area contributed by atoms with E-state index in [2.05, 4.69) is 4.18 Å². The van der Waals surface area contributed by atoms with Gasteiger partial charge in [-0.1, -0.05) is 11.6 Å². The molecule has 2 aromatic rings. The fourth-order valence-electron chi connectivity index (χ4n) is 1.86. The third-order valence-corrected chi connectivity index (χ3v) is 4.64. The highest BCUT2D eigenvalue weighted by Crippen LogP contribution is 2.42. The van der Waals surface area contributed by atoms with Gasteiger partial charge >= 0.3 is 6.18 Å². The molecule has 2 rings (SSSR count). The molecule has 0 amide bonds. The first-order valence-corrected chi connectivity index (χ1v) is 9.04. The third kappa shape index (κ3) is 4.43. The van der Waals surface area contributed by atoms with Gasteiger partial charge in [0.15, 0.2) is 0 Å². The van der Waals surface area contributed by atoms with Crippen molar-refractivity contribution in [3.8, 4) is 11.1 Å². The third-order valence-electron chi connectivity index (χ3n) is 2.79. The molecule has 0 aliphatic heterocycles. The summed E-state index contributed by atoms with van der Waals surface area (Å²) >= 11 is 5.96. The summed E-state index contributed by atoms with van der Waals surface area (Å²) in [6.45, 7) is -0.839. The van der Waals surface area contributed by atoms with E-state index in [-0.39, 0.29) is 16.1 Å². The van der Waals surface area contributed by atoms with Crippen molar-refractivity contribution in [3.05, 3.63) is 44.9 Å². The zero-order valence-electron chi connectivity index (χ0n) is 11.4. The second-order valence-corrected chi connectivity index (χ2v) is 7.51. The molecule has 0 spiro atoms. The summed E-state index contributed by atoms with van der Waals surface area (Å²) in [6.07, 6.45) is -3.99. The van der Waals surface area contributed by atoms with Gasteiger partial charge < -0.3 is 0 Å². The summed E-state index contributed by atoms with van der Waals surface area (Å²) < 4.78 is 79.7. The van der Waals surface area contributed by atoms with Crippen molar-refractivity contribution in [2.45, 2.75) is 12.8 Å². The summed E-state index contributed by atoms with van der Waals surface area (Å²) in [4.78, 5) is -1.04. The predicted molar refractivity (Wildman–Crippen MR) is 79.4 cm³/mol. The molecule has 0 aliphatic rings. The van der Waals surface area contributed by atoms with Gasteiger partial charge in [0.25, 0.3) is 10.1 Å². The Hall–Kier alpha value is -1.16. The normalized spacial score (nSPS) is 12.6. The number of benzene rings is 1. The molecule has 0 radical (unpaired) electrons. The van der Waals surface area contributed by atoms with Gasteiger partial charge in [-0.05, 0) is 23.6 Å². The van der Waals surface area contributed by atoms with Crippen molar-refractivity contribution >= 4 is 33.1 Å². The molecule has 0 fully saturated rings. The van der Waals surface area contributed by atoms with Crippen LogP contribution in [0.3, 0.4) is 0 Å². The van der Waals surface area contributed by atoms with Gasteiger partial charge in [-0.3, -0.25) is 4.18 Å². The van der Waals surface area contributed by atoms with Crippen LogP contribution >= 0.6 is 22.9 Å². The quantitative estimate of drug-likeness (QED) is 0.563. The lowest BCUT2D eigenvalue weighted by Gasteiger charge is -2.11. The van der Waals surface area contributed by atoms with Crippen molar-refractivity contribution in [1.29, 1.82) is 0 Å². The van der Waals surface area contributed by atoms with Gasteiger partial charge in [0.2, 0.25) is 0 Å². The van der Waals surface area contributed by atoms with E-state index in [4.69, 9.17) is 11.6 Å². The van der Waals surface area contributed by atoms with Gasteiger partial charge in [0.1, 0.15) is 10.7 Å². The molecule has 0 bridgehead atoms. The van der Waals surface area contributed by atoms with Crippen molar-refractivity contribution in [1.82, 2.24) is 0 Å². The average Bonchev–Trinajstić information content (AvgIpc) is 2.79. The van der Waals surface area contributed by atoms with Crippen molar-refractivity contribution in [2.75, 3.05) is 6.26 Å². The van der Waals surface area contributed by atoms with E-state index < -0.39 is 39.2 Å². The van der Waals surface area contributed by atoms with E-state index in [0.29, 0.717) is 11.3 Å². The smallest absolute Gasteiger partial charge is 0.265 e. The zero-order chi connectivity index (χ0) is 17.4. The first-order valence-electron chi connectivity index (χ1n) is 5.96. The van der Waals surface area contributed by atoms with E-state index in [1.54, 1.807) is 0 Å². The summed E-state index contributed by atoms with van der Waals surface area (Å²) in [5.74, 6) is -0.815. The fraction of sp³-hybridized carbons (Fsp3) is 0.231. The largest absolute Gasteiger partial charge is 0.425 e. The molecule has 0 N–H and O–H groups in total. The number of hydrogen-bond donors (Lipinski definition) is 0. The lowest BCUT2D eigenvalue weighted by Crippen LogP contribution is -2.09. The Bertz CT molecular complexity index is 828. The van der Waals surface area contributed by atoms with Gasteiger partial charge in [-0.25, -0.2) is 4.39 Å². The topological polar surface area (TPSA) is 43.4 Å². The number of thiophene rings is 1. The highest BCUT2D eigenvalue weighted by atomic mass is 35.5. The van der Waals surface area contributed by atoms with Crippen LogP contribution in [0.5, 0.6) is 0 Å². The molecule has 10 heteroatoms. The molecule has 1 aromatic heterocycles. The summed E-state index contributed by atoms with van der Waals surface area (Å²) in [6, 6.07) is 3.51. The molecule has 126 valence electrons. The van der Waals surface area contributed by atoms with E-state index in [9.17, 15) is 26.0 Å². The lowest BCUT2D eigenvalue weighted by molar-refractivity contribution is -0.135. The fourth-order valence-corrected chi connectivity index (χ4v) is 3.30. The van der Waals surface area contributed by atoms with Crippen LogP contribution in [0.25, 0.3) is 11.1 Å². The highest BCUT2D eigenvalue weighted by Gasteiger charge is 2.37. The standard InChI is InChI=1S/C13H9ClF4O3S2/c1-23(19,20)21-5-9-10(6-22-12(9)13(16,17)18)8-3-2-7(14)4-11(8)15/h2-4,6H,5H2,1H3. The summed E-state index contributed by atoms with van der Waals surface area (Å²) in [7, 11) is -3.96. The molecule has 1 aromatic carbocycles. The molecule has 0 saturated heterocycles. The lowest BCUT2D eigenvalue weighted by atomic mass is 10.0. The zero-order valence-corrected chi connectivity index (χ0v) is 13.8. The molecular formula is C13H9ClF4O3S2. The minimum atomic E-state index is -4.71. The van der Waals surface area contributed by atoms with Crippen LogP contribution in [0, 0.1) is 5.82 Å². The average molecular weight is 389 g/mol. The van der Waals surface area contributed by atoms with Crippen LogP contribution in [0.15, 0.2) is 23.6 Å². The maximum Gasteiger partial charge on any atom is 0.425 e. The first-order chi connectivity index (χ1) is 10.5. The minimum Gasteiger partial charge on any atom is -0.265 e. The van der Waals surface area contributed by atoms with E-state index >= 15 is 0 Å². The molecule has 0 atom stereocenters. The Morgan fingerprint density at radius 3 is 2.43 bits per heavy atom. The number of hydrogen-bond acceptors (Lipinski definition) is 4. The van der Waals surface area contributed by atoms with Crippen LogP contribution in [0.1, 0.15) is 10.4 Å². The van der Waals surface area contributed by atoms with E-state index in [1.165, 1.54) is 12.1 Å². The number of halogens is 5. The molecule has 23 heavy (non-hydrogen) atoms. The second kappa shape index (κ2) is 6.39. The molecule has 0 unspecified atom stereocenters. The van der Waals surface area contributed by atoms with Crippen LogP contribution in [-0.4, -0.2) is 14.7 Å². The van der Waals surface area contributed by atoms with Crippen LogP contribution in [0.4, 0.5) is 17.6 Å².